The van der Waals surface area contributed by atoms with Gasteiger partial charge in [0.05, 0.1) is 18.8 Å². The second kappa shape index (κ2) is 6.81. The summed E-state index contributed by atoms with van der Waals surface area (Å²) in [5, 5.41) is 0. The summed E-state index contributed by atoms with van der Waals surface area (Å²) in [6.07, 6.45) is 0.764. The van der Waals surface area contributed by atoms with Gasteiger partial charge in [0.25, 0.3) is 0 Å². The van der Waals surface area contributed by atoms with Crippen molar-refractivity contribution in [2.24, 2.45) is 0 Å². The quantitative estimate of drug-likeness (QED) is 0.618. The predicted molar refractivity (Wildman–Crippen MR) is 84.6 cm³/mol. The smallest absolute Gasteiger partial charge is 0.328 e. The summed E-state index contributed by atoms with van der Waals surface area (Å²) in [4.78, 5) is 25.7. The third-order valence-electron chi connectivity index (χ3n) is 3.71. The number of nitrogens with zero attached hydrogens (tertiary/aromatic N) is 1. The van der Waals surface area contributed by atoms with Crippen LogP contribution in [0.4, 0.5) is 5.69 Å². The van der Waals surface area contributed by atoms with Crippen molar-refractivity contribution in [3.63, 3.8) is 0 Å². The average Bonchev–Trinajstić information content (AvgIpc) is 2.50. The monoisotopic (exact) mass is 305 g/mol. The van der Waals surface area contributed by atoms with E-state index >= 15 is 0 Å². The molecule has 0 N–H and O–H groups in total. The zero-order chi connectivity index (χ0) is 16.3. The Morgan fingerprint density at radius 2 is 2.18 bits per heavy atom. The first-order valence-electron chi connectivity index (χ1n) is 7.69. The molecule has 5 heteroatoms. The van der Waals surface area contributed by atoms with E-state index in [9.17, 15) is 9.59 Å². The maximum absolute atomic E-state index is 12.2. The molecule has 0 fully saturated rings. The van der Waals surface area contributed by atoms with Crippen molar-refractivity contribution in [1.82, 2.24) is 0 Å². The van der Waals surface area contributed by atoms with Crippen LogP contribution in [0, 0.1) is 0 Å². The summed E-state index contributed by atoms with van der Waals surface area (Å²) in [6.45, 7) is 8.26. The van der Waals surface area contributed by atoms with E-state index < -0.39 is 6.04 Å². The molecule has 1 aliphatic heterocycles. The van der Waals surface area contributed by atoms with Crippen LogP contribution in [0.1, 0.15) is 44.5 Å². The maximum Gasteiger partial charge on any atom is 0.328 e. The standard InChI is InChI=1S/C17H23NO4/c1-5-8-21-17(20)12(3)18-10-11(2)22-16-7-6-14(13(4)19)9-15(16)18/h6-7,9,11-12H,5,8,10H2,1-4H3. The zero-order valence-corrected chi connectivity index (χ0v) is 13.6. The molecular formula is C17H23NO4. The molecule has 0 saturated carbocycles. The van der Waals surface area contributed by atoms with Gasteiger partial charge in [-0.3, -0.25) is 4.79 Å². The largest absolute Gasteiger partial charge is 0.487 e. The number of carbonyl (C=O) groups excluding carboxylic acids is 2. The fourth-order valence-corrected chi connectivity index (χ4v) is 2.51. The van der Waals surface area contributed by atoms with Crippen LogP contribution in [0.25, 0.3) is 0 Å². The lowest BCUT2D eigenvalue weighted by atomic mass is 10.1. The SMILES string of the molecule is CCCOC(=O)C(C)N1CC(C)Oc2ccc(C(C)=O)cc21. The number of hydrogen-bond acceptors (Lipinski definition) is 5. The van der Waals surface area contributed by atoms with Gasteiger partial charge in [0, 0.05) is 5.56 Å². The molecule has 1 aromatic carbocycles. The van der Waals surface area contributed by atoms with E-state index in [4.69, 9.17) is 9.47 Å². The van der Waals surface area contributed by atoms with Gasteiger partial charge in [-0.2, -0.15) is 0 Å². The van der Waals surface area contributed by atoms with E-state index in [2.05, 4.69) is 0 Å². The molecular weight excluding hydrogens is 282 g/mol. The first-order chi connectivity index (χ1) is 10.4. The molecule has 0 bridgehead atoms. The number of Topliss-reactive ketones (excluding diaryl/α,β-unsaturated/α-hetero) is 1. The summed E-state index contributed by atoms with van der Waals surface area (Å²) in [7, 11) is 0. The Morgan fingerprint density at radius 1 is 1.45 bits per heavy atom. The molecule has 2 unspecified atom stereocenters. The first-order valence-corrected chi connectivity index (χ1v) is 7.69. The van der Waals surface area contributed by atoms with Gasteiger partial charge in [-0.25, -0.2) is 4.79 Å². The van der Waals surface area contributed by atoms with Crippen molar-refractivity contribution in [2.45, 2.75) is 46.3 Å². The number of anilines is 1. The van der Waals surface area contributed by atoms with Gasteiger partial charge in [0.2, 0.25) is 0 Å². The number of benzene rings is 1. The van der Waals surface area contributed by atoms with Crippen LogP contribution in [-0.4, -0.2) is 37.0 Å². The van der Waals surface area contributed by atoms with Crippen LogP contribution >= 0.6 is 0 Å². The lowest BCUT2D eigenvalue weighted by Gasteiger charge is -2.38. The maximum atomic E-state index is 12.2. The second-order valence-corrected chi connectivity index (χ2v) is 5.66. The van der Waals surface area contributed by atoms with E-state index in [0.29, 0.717) is 24.5 Å². The predicted octanol–water partition coefficient (Wildman–Crippen LogP) is 2.82. The highest BCUT2D eigenvalue weighted by atomic mass is 16.5. The summed E-state index contributed by atoms with van der Waals surface area (Å²) in [5.41, 5.74) is 1.38. The van der Waals surface area contributed by atoms with Gasteiger partial charge in [-0.15, -0.1) is 0 Å². The number of ketones is 1. The minimum absolute atomic E-state index is 0.0115. The summed E-state index contributed by atoms with van der Waals surface area (Å²) in [5.74, 6) is 0.427. The molecule has 0 aliphatic carbocycles. The third kappa shape index (κ3) is 3.40. The van der Waals surface area contributed by atoms with Crippen LogP contribution in [0.2, 0.25) is 0 Å². The fraction of sp³-hybridized carbons (Fsp3) is 0.529. The normalized spacial score (nSPS) is 18.2. The summed E-state index contributed by atoms with van der Waals surface area (Å²) in [6, 6.07) is 4.91. The molecule has 0 saturated heterocycles. The Kier molecular flexibility index (Phi) is 5.06. The molecule has 0 amide bonds. The Balaban J connectivity index is 2.31. The van der Waals surface area contributed by atoms with Crippen LogP contribution in [0.3, 0.4) is 0 Å². The molecule has 0 aromatic heterocycles. The molecule has 22 heavy (non-hydrogen) atoms. The molecule has 1 aromatic rings. The summed E-state index contributed by atoms with van der Waals surface area (Å²) >= 11 is 0. The number of hydrogen-bond donors (Lipinski definition) is 0. The van der Waals surface area contributed by atoms with Crippen molar-refractivity contribution < 1.29 is 19.1 Å². The highest BCUT2D eigenvalue weighted by molar-refractivity contribution is 5.96. The van der Waals surface area contributed by atoms with Crippen LogP contribution in [0.5, 0.6) is 5.75 Å². The van der Waals surface area contributed by atoms with E-state index in [0.717, 1.165) is 12.1 Å². The van der Waals surface area contributed by atoms with Crippen molar-refractivity contribution in [1.29, 1.82) is 0 Å². The lowest BCUT2D eigenvalue weighted by Crippen LogP contribution is -2.47. The first kappa shape index (κ1) is 16.3. The van der Waals surface area contributed by atoms with E-state index in [1.54, 1.807) is 18.2 Å². The zero-order valence-electron chi connectivity index (χ0n) is 13.6. The third-order valence-corrected chi connectivity index (χ3v) is 3.71. The Labute approximate surface area is 131 Å². The molecule has 0 radical (unpaired) electrons. The topological polar surface area (TPSA) is 55.8 Å². The highest BCUT2D eigenvalue weighted by Gasteiger charge is 2.31. The minimum Gasteiger partial charge on any atom is -0.487 e. The highest BCUT2D eigenvalue weighted by Crippen LogP contribution is 2.35. The Morgan fingerprint density at radius 3 is 2.82 bits per heavy atom. The van der Waals surface area contributed by atoms with E-state index in [-0.39, 0.29) is 17.9 Å². The molecule has 2 atom stereocenters. The van der Waals surface area contributed by atoms with Gasteiger partial charge in [0.1, 0.15) is 17.9 Å². The number of esters is 1. The number of rotatable bonds is 5. The van der Waals surface area contributed by atoms with E-state index in [1.807, 2.05) is 25.7 Å². The van der Waals surface area contributed by atoms with Gasteiger partial charge in [-0.1, -0.05) is 6.92 Å². The second-order valence-electron chi connectivity index (χ2n) is 5.66. The van der Waals surface area contributed by atoms with Crippen LogP contribution in [-0.2, 0) is 9.53 Å². The van der Waals surface area contributed by atoms with E-state index in [1.165, 1.54) is 6.92 Å². The number of fused-ring (bicyclic) bond motifs is 1. The Bertz CT molecular complexity index is 570. The van der Waals surface area contributed by atoms with Gasteiger partial charge in [-0.05, 0) is 45.4 Å². The number of carbonyl (C=O) groups is 2. The number of ether oxygens (including phenoxy) is 2. The summed E-state index contributed by atoms with van der Waals surface area (Å²) < 4.78 is 11.0. The van der Waals surface area contributed by atoms with Gasteiger partial charge >= 0.3 is 5.97 Å². The molecule has 2 rings (SSSR count). The van der Waals surface area contributed by atoms with Crippen LogP contribution < -0.4 is 9.64 Å². The van der Waals surface area contributed by atoms with Gasteiger partial charge < -0.3 is 14.4 Å². The molecule has 0 spiro atoms. The van der Waals surface area contributed by atoms with Crippen molar-refractivity contribution in [3.8, 4) is 5.75 Å². The molecule has 1 heterocycles. The fourth-order valence-electron chi connectivity index (χ4n) is 2.51. The Hall–Kier alpha value is -2.04. The van der Waals surface area contributed by atoms with Crippen molar-refractivity contribution >= 4 is 17.4 Å². The molecule has 5 nitrogen and oxygen atoms in total. The molecule has 120 valence electrons. The minimum atomic E-state index is -0.418. The average molecular weight is 305 g/mol. The van der Waals surface area contributed by atoms with Crippen molar-refractivity contribution in [2.75, 3.05) is 18.1 Å². The van der Waals surface area contributed by atoms with Crippen LogP contribution in [0.15, 0.2) is 18.2 Å². The van der Waals surface area contributed by atoms with Gasteiger partial charge in [0.15, 0.2) is 5.78 Å². The molecule has 1 aliphatic rings. The van der Waals surface area contributed by atoms with Crippen molar-refractivity contribution in [3.05, 3.63) is 23.8 Å². The lowest BCUT2D eigenvalue weighted by molar-refractivity contribution is -0.145.